The fraction of sp³-hybridized carbons (Fsp3) is 0.312. The van der Waals surface area contributed by atoms with E-state index in [9.17, 15) is 0 Å². The lowest BCUT2D eigenvalue weighted by Gasteiger charge is -2.07. The predicted molar refractivity (Wildman–Crippen MR) is 78.6 cm³/mol. The van der Waals surface area contributed by atoms with Crippen LogP contribution in [0.25, 0.3) is 0 Å². The molecule has 0 saturated heterocycles. The highest BCUT2D eigenvalue weighted by Crippen LogP contribution is 2.20. The summed E-state index contributed by atoms with van der Waals surface area (Å²) in [6, 6.07) is 10.0. The van der Waals surface area contributed by atoms with Crippen LogP contribution < -0.4 is 10.5 Å². The Kier molecular flexibility index (Phi) is 4.44. The minimum absolute atomic E-state index is 0.167. The molecule has 0 amide bonds. The summed E-state index contributed by atoms with van der Waals surface area (Å²) in [5.74, 6) is 0.618. The van der Waals surface area contributed by atoms with Gasteiger partial charge < -0.3 is 15.0 Å². The van der Waals surface area contributed by atoms with Crippen LogP contribution in [0.4, 0.5) is 0 Å². The van der Waals surface area contributed by atoms with Gasteiger partial charge in [0.05, 0.1) is 12.7 Å². The number of hydrogen-bond acceptors (Lipinski definition) is 3. The molecule has 1 unspecified atom stereocenters. The molecule has 1 aromatic carbocycles. The van der Waals surface area contributed by atoms with Gasteiger partial charge in [0.25, 0.3) is 0 Å². The second-order valence-corrected chi connectivity index (χ2v) is 5.02. The SMILES string of the molecule is COc1cc(Cn2ccc(CC(C)N)c2)ccc1C#N. The van der Waals surface area contributed by atoms with Gasteiger partial charge in [-0.05, 0) is 42.7 Å². The van der Waals surface area contributed by atoms with E-state index in [0.29, 0.717) is 11.3 Å². The molecule has 2 rings (SSSR count). The molecule has 0 fully saturated rings. The maximum absolute atomic E-state index is 8.97. The van der Waals surface area contributed by atoms with Crippen LogP contribution in [0.3, 0.4) is 0 Å². The summed E-state index contributed by atoms with van der Waals surface area (Å²) < 4.78 is 7.33. The average molecular weight is 269 g/mol. The highest BCUT2D eigenvalue weighted by atomic mass is 16.5. The molecule has 0 saturated carbocycles. The Morgan fingerprint density at radius 2 is 2.15 bits per heavy atom. The molecule has 0 aliphatic carbocycles. The molecule has 0 radical (unpaired) electrons. The number of methoxy groups -OCH3 is 1. The molecule has 1 aromatic heterocycles. The highest BCUT2D eigenvalue weighted by Gasteiger charge is 2.05. The summed E-state index contributed by atoms with van der Waals surface area (Å²) >= 11 is 0. The van der Waals surface area contributed by atoms with Gasteiger partial charge in [0, 0.05) is 25.0 Å². The molecule has 0 bridgehead atoms. The smallest absolute Gasteiger partial charge is 0.136 e. The van der Waals surface area contributed by atoms with Crippen molar-refractivity contribution in [2.45, 2.75) is 25.9 Å². The summed E-state index contributed by atoms with van der Waals surface area (Å²) in [5.41, 5.74) is 8.69. The van der Waals surface area contributed by atoms with E-state index in [1.54, 1.807) is 13.2 Å². The Morgan fingerprint density at radius 1 is 1.35 bits per heavy atom. The van der Waals surface area contributed by atoms with Crippen molar-refractivity contribution in [3.8, 4) is 11.8 Å². The van der Waals surface area contributed by atoms with Crippen molar-refractivity contribution < 1.29 is 4.74 Å². The quantitative estimate of drug-likeness (QED) is 0.906. The monoisotopic (exact) mass is 269 g/mol. The average Bonchev–Trinajstić information content (AvgIpc) is 2.85. The van der Waals surface area contributed by atoms with E-state index in [2.05, 4.69) is 22.9 Å². The summed E-state index contributed by atoms with van der Waals surface area (Å²) in [7, 11) is 1.58. The van der Waals surface area contributed by atoms with Gasteiger partial charge in [-0.15, -0.1) is 0 Å². The second kappa shape index (κ2) is 6.27. The van der Waals surface area contributed by atoms with Crippen LogP contribution in [0.15, 0.2) is 36.7 Å². The Bertz CT molecular complexity index is 623. The van der Waals surface area contributed by atoms with Gasteiger partial charge in [-0.25, -0.2) is 0 Å². The number of rotatable bonds is 5. The molecule has 20 heavy (non-hydrogen) atoms. The number of hydrogen-bond donors (Lipinski definition) is 1. The zero-order valence-electron chi connectivity index (χ0n) is 11.8. The predicted octanol–water partition coefficient (Wildman–Crippen LogP) is 2.31. The van der Waals surface area contributed by atoms with E-state index in [0.717, 1.165) is 18.5 Å². The Morgan fingerprint density at radius 3 is 2.80 bits per heavy atom. The van der Waals surface area contributed by atoms with E-state index >= 15 is 0 Å². The summed E-state index contributed by atoms with van der Waals surface area (Å²) in [6.07, 6.45) is 5.03. The van der Waals surface area contributed by atoms with Crippen molar-refractivity contribution in [2.24, 2.45) is 5.73 Å². The number of nitriles is 1. The summed E-state index contributed by atoms with van der Waals surface area (Å²) in [4.78, 5) is 0. The van der Waals surface area contributed by atoms with E-state index < -0.39 is 0 Å². The minimum Gasteiger partial charge on any atom is -0.495 e. The lowest BCUT2D eigenvalue weighted by Crippen LogP contribution is -2.17. The molecule has 2 aromatic rings. The Hall–Kier alpha value is -2.25. The van der Waals surface area contributed by atoms with Crippen LogP contribution in [0.1, 0.15) is 23.6 Å². The van der Waals surface area contributed by atoms with Gasteiger partial charge in [0.15, 0.2) is 0 Å². The minimum atomic E-state index is 0.167. The van der Waals surface area contributed by atoms with E-state index in [4.69, 9.17) is 15.7 Å². The van der Waals surface area contributed by atoms with Gasteiger partial charge in [-0.1, -0.05) is 6.07 Å². The zero-order valence-corrected chi connectivity index (χ0v) is 11.8. The molecule has 0 spiro atoms. The molecule has 0 aliphatic heterocycles. The molecule has 0 aliphatic rings. The largest absolute Gasteiger partial charge is 0.495 e. The van der Waals surface area contributed by atoms with Crippen molar-refractivity contribution in [2.75, 3.05) is 7.11 Å². The van der Waals surface area contributed by atoms with Crippen molar-refractivity contribution in [1.29, 1.82) is 5.26 Å². The van der Waals surface area contributed by atoms with Crippen LogP contribution in [-0.2, 0) is 13.0 Å². The lowest BCUT2D eigenvalue weighted by molar-refractivity contribution is 0.413. The number of nitrogens with zero attached hydrogens (tertiary/aromatic N) is 2. The first-order valence-electron chi connectivity index (χ1n) is 6.59. The van der Waals surface area contributed by atoms with Crippen LogP contribution >= 0.6 is 0 Å². The van der Waals surface area contributed by atoms with Gasteiger partial charge in [-0.2, -0.15) is 5.26 Å². The van der Waals surface area contributed by atoms with Crippen LogP contribution in [-0.4, -0.2) is 17.7 Å². The maximum Gasteiger partial charge on any atom is 0.136 e. The molecular formula is C16H19N3O. The first-order valence-corrected chi connectivity index (χ1v) is 6.59. The third-order valence-corrected chi connectivity index (χ3v) is 3.12. The van der Waals surface area contributed by atoms with Gasteiger partial charge in [-0.3, -0.25) is 0 Å². The molecule has 4 nitrogen and oxygen atoms in total. The van der Waals surface area contributed by atoms with Gasteiger partial charge in [0.1, 0.15) is 11.8 Å². The highest BCUT2D eigenvalue weighted by molar-refractivity contribution is 5.45. The molecule has 1 heterocycles. The van der Waals surface area contributed by atoms with Crippen molar-refractivity contribution >= 4 is 0 Å². The number of nitrogens with two attached hydrogens (primary N) is 1. The third-order valence-electron chi connectivity index (χ3n) is 3.12. The van der Waals surface area contributed by atoms with Crippen LogP contribution in [0.5, 0.6) is 5.75 Å². The van der Waals surface area contributed by atoms with E-state index in [-0.39, 0.29) is 6.04 Å². The van der Waals surface area contributed by atoms with E-state index in [1.165, 1.54) is 5.56 Å². The fourth-order valence-electron chi connectivity index (χ4n) is 2.22. The van der Waals surface area contributed by atoms with Gasteiger partial charge in [0.2, 0.25) is 0 Å². The fourth-order valence-corrected chi connectivity index (χ4v) is 2.22. The molecule has 4 heteroatoms. The normalized spacial score (nSPS) is 11.9. The first-order chi connectivity index (χ1) is 9.62. The summed E-state index contributed by atoms with van der Waals surface area (Å²) in [5, 5.41) is 8.97. The van der Waals surface area contributed by atoms with Crippen LogP contribution in [0, 0.1) is 11.3 Å². The molecule has 2 N–H and O–H groups in total. The second-order valence-electron chi connectivity index (χ2n) is 5.02. The third kappa shape index (κ3) is 3.40. The molecule has 1 atom stereocenters. The van der Waals surface area contributed by atoms with Crippen molar-refractivity contribution in [3.05, 3.63) is 53.3 Å². The Labute approximate surface area is 119 Å². The van der Waals surface area contributed by atoms with Crippen molar-refractivity contribution in [1.82, 2.24) is 4.57 Å². The number of benzene rings is 1. The maximum atomic E-state index is 8.97. The Balaban J connectivity index is 2.14. The zero-order chi connectivity index (χ0) is 14.5. The summed E-state index contributed by atoms with van der Waals surface area (Å²) in [6.45, 7) is 2.75. The topological polar surface area (TPSA) is 64.0 Å². The first kappa shape index (κ1) is 14.2. The molecular weight excluding hydrogens is 250 g/mol. The lowest BCUT2D eigenvalue weighted by atomic mass is 10.1. The van der Waals surface area contributed by atoms with E-state index in [1.807, 2.05) is 25.3 Å². The molecule has 104 valence electrons. The standard InChI is InChI=1S/C16H19N3O/c1-12(18)7-14-5-6-19(11-14)10-13-3-4-15(9-17)16(8-13)20-2/h3-6,8,11-12H,7,10,18H2,1-2H3. The van der Waals surface area contributed by atoms with Crippen molar-refractivity contribution in [3.63, 3.8) is 0 Å². The number of ether oxygens (including phenoxy) is 1. The van der Waals surface area contributed by atoms with Crippen LogP contribution in [0.2, 0.25) is 0 Å². The van der Waals surface area contributed by atoms with Gasteiger partial charge >= 0.3 is 0 Å². The number of aromatic nitrogens is 1.